The summed E-state index contributed by atoms with van der Waals surface area (Å²) in [6, 6.07) is 12.2. The number of aromatic nitrogens is 1. The van der Waals surface area contributed by atoms with Crippen LogP contribution in [0.25, 0.3) is 0 Å². The summed E-state index contributed by atoms with van der Waals surface area (Å²) >= 11 is 1.24. The minimum absolute atomic E-state index is 0.0877. The SMILES string of the molecule is O=C(O)c1cccc(Cn2ccsc2=NC(=O)c2ccccc2F)c1. The summed E-state index contributed by atoms with van der Waals surface area (Å²) in [7, 11) is 0. The molecule has 0 spiro atoms. The number of carbonyl (C=O) groups is 2. The number of benzene rings is 2. The number of carbonyl (C=O) groups excluding carboxylic acids is 1. The first-order valence-corrected chi connectivity index (χ1v) is 8.22. The molecule has 0 aliphatic rings. The van der Waals surface area contributed by atoms with Gasteiger partial charge in [0.15, 0.2) is 4.80 Å². The van der Waals surface area contributed by atoms with E-state index in [0.717, 1.165) is 5.56 Å². The maximum absolute atomic E-state index is 13.7. The monoisotopic (exact) mass is 356 g/mol. The zero-order chi connectivity index (χ0) is 17.8. The van der Waals surface area contributed by atoms with E-state index in [1.54, 1.807) is 40.4 Å². The Kier molecular flexibility index (Phi) is 4.85. The van der Waals surface area contributed by atoms with Crippen molar-refractivity contribution in [3.63, 3.8) is 0 Å². The molecule has 3 rings (SSSR count). The van der Waals surface area contributed by atoms with E-state index in [2.05, 4.69) is 4.99 Å². The molecule has 1 heterocycles. The lowest BCUT2D eigenvalue weighted by Crippen LogP contribution is -2.17. The Bertz CT molecular complexity index is 1010. The van der Waals surface area contributed by atoms with Crippen LogP contribution < -0.4 is 4.80 Å². The second-order valence-electron chi connectivity index (χ2n) is 5.22. The topological polar surface area (TPSA) is 71.7 Å². The lowest BCUT2D eigenvalue weighted by molar-refractivity contribution is 0.0696. The van der Waals surface area contributed by atoms with Gasteiger partial charge in [-0.25, -0.2) is 9.18 Å². The second kappa shape index (κ2) is 7.23. The van der Waals surface area contributed by atoms with E-state index in [9.17, 15) is 14.0 Å². The molecular formula is C18H13FN2O3S. The Morgan fingerprint density at radius 2 is 1.96 bits per heavy atom. The lowest BCUT2D eigenvalue weighted by atomic mass is 10.1. The third-order valence-corrected chi connectivity index (χ3v) is 4.28. The number of thiazole rings is 1. The van der Waals surface area contributed by atoms with Crippen LogP contribution in [-0.2, 0) is 6.54 Å². The van der Waals surface area contributed by atoms with Gasteiger partial charge < -0.3 is 9.67 Å². The first kappa shape index (κ1) is 16.8. The number of halogens is 1. The third-order valence-electron chi connectivity index (χ3n) is 3.49. The first-order chi connectivity index (χ1) is 12.0. The number of aromatic carboxylic acids is 1. The van der Waals surface area contributed by atoms with Crippen LogP contribution in [-0.4, -0.2) is 21.6 Å². The van der Waals surface area contributed by atoms with Gasteiger partial charge in [-0.3, -0.25) is 4.79 Å². The molecule has 3 aromatic rings. The molecule has 0 fully saturated rings. The van der Waals surface area contributed by atoms with Crippen molar-refractivity contribution in [2.45, 2.75) is 6.54 Å². The van der Waals surface area contributed by atoms with E-state index < -0.39 is 17.7 Å². The molecule has 1 N–H and O–H groups in total. The summed E-state index contributed by atoms with van der Waals surface area (Å²) in [5, 5.41) is 10.8. The molecule has 0 saturated heterocycles. The number of nitrogens with zero attached hydrogens (tertiary/aromatic N) is 2. The molecule has 25 heavy (non-hydrogen) atoms. The maximum Gasteiger partial charge on any atom is 0.335 e. The summed E-state index contributed by atoms with van der Waals surface area (Å²) in [5.74, 6) is -2.28. The van der Waals surface area contributed by atoms with Crippen molar-refractivity contribution in [2.75, 3.05) is 0 Å². The van der Waals surface area contributed by atoms with Crippen molar-refractivity contribution in [1.29, 1.82) is 0 Å². The average molecular weight is 356 g/mol. The highest BCUT2D eigenvalue weighted by Crippen LogP contribution is 2.09. The van der Waals surface area contributed by atoms with E-state index in [1.165, 1.54) is 35.6 Å². The molecule has 0 aliphatic carbocycles. The largest absolute Gasteiger partial charge is 0.478 e. The van der Waals surface area contributed by atoms with E-state index >= 15 is 0 Å². The lowest BCUT2D eigenvalue weighted by Gasteiger charge is -2.04. The highest BCUT2D eigenvalue weighted by molar-refractivity contribution is 7.07. The predicted octanol–water partition coefficient (Wildman–Crippen LogP) is 3.18. The van der Waals surface area contributed by atoms with E-state index in [0.29, 0.717) is 11.3 Å². The Morgan fingerprint density at radius 1 is 1.16 bits per heavy atom. The second-order valence-corrected chi connectivity index (χ2v) is 6.09. The van der Waals surface area contributed by atoms with Gasteiger partial charge in [0.1, 0.15) is 5.82 Å². The predicted molar refractivity (Wildman–Crippen MR) is 91.1 cm³/mol. The maximum atomic E-state index is 13.7. The summed E-state index contributed by atoms with van der Waals surface area (Å²) in [5.41, 5.74) is 0.864. The molecule has 0 aliphatic heterocycles. The van der Waals surface area contributed by atoms with Crippen molar-refractivity contribution in [3.05, 3.63) is 87.4 Å². The Balaban J connectivity index is 1.91. The molecule has 0 atom stereocenters. The number of carboxylic acids is 1. The number of amides is 1. The number of hydrogen-bond donors (Lipinski definition) is 1. The molecule has 126 valence electrons. The fourth-order valence-electron chi connectivity index (χ4n) is 2.29. The van der Waals surface area contributed by atoms with Gasteiger partial charge in [-0.1, -0.05) is 24.3 Å². The molecule has 0 saturated carbocycles. The van der Waals surface area contributed by atoms with E-state index in [4.69, 9.17) is 5.11 Å². The van der Waals surface area contributed by atoms with Gasteiger partial charge in [-0.2, -0.15) is 4.99 Å². The van der Waals surface area contributed by atoms with Gasteiger partial charge in [-0.05, 0) is 29.8 Å². The highest BCUT2D eigenvalue weighted by Gasteiger charge is 2.10. The van der Waals surface area contributed by atoms with E-state index in [-0.39, 0.29) is 11.1 Å². The van der Waals surface area contributed by atoms with Crippen LogP contribution in [0.4, 0.5) is 4.39 Å². The summed E-state index contributed by atoms with van der Waals surface area (Å²) < 4.78 is 15.4. The minimum atomic E-state index is -1.00. The van der Waals surface area contributed by atoms with Crippen molar-refractivity contribution >= 4 is 23.2 Å². The van der Waals surface area contributed by atoms with Crippen LogP contribution in [0.2, 0.25) is 0 Å². The summed E-state index contributed by atoms with van der Waals surface area (Å²) in [6.07, 6.45) is 1.74. The van der Waals surface area contributed by atoms with Gasteiger partial charge in [0.25, 0.3) is 5.91 Å². The number of carboxylic acid groups (broad SMARTS) is 1. The Labute approximate surface area is 146 Å². The van der Waals surface area contributed by atoms with Crippen LogP contribution in [0.1, 0.15) is 26.3 Å². The van der Waals surface area contributed by atoms with Gasteiger partial charge in [0.2, 0.25) is 0 Å². The Hall–Kier alpha value is -3.06. The van der Waals surface area contributed by atoms with Crippen LogP contribution in [0.3, 0.4) is 0 Å². The minimum Gasteiger partial charge on any atom is -0.478 e. The Morgan fingerprint density at radius 3 is 2.72 bits per heavy atom. The molecule has 0 radical (unpaired) electrons. The highest BCUT2D eigenvalue weighted by atomic mass is 32.1. The molecule has 2 aromatic carbocycles. The molecule has 1 aromatic heterocycles. The standard InChI is InChI=1S/C18H13FN2O3S/c19-15-7-2-1-6-14(15)16(22)20-18-21(8-9-25-18)11-12-4-3-5-13(10-12)17(23)24/h1-10H,11H2,(H,23,24). The molecule has 1 amide bonds. The summed E-state index contributed by atoms with van der Waals surface area (Å²) in [6.45, 7) is 0.355. The van der Waals surface area contributed by atoms with Gasteiger partial charge in [0, 0.05) is 18.1 Å². The molecule has 0 bridgehead atoms. The molecular weight excluding hydrogens is 343 g/mol. The smallest absolute Gasteiger partial charge is 0.335 e. The average Bonchev–Trinajstić information content (AvgIpc) is 3.02. The van der Waals surface area contributed by atoms with Crippen LogP contribution in [0.5, 0.6) is 0 Å². The fourth-order valence-corrected chi connectivity index (χ4v) is 3.01. The van der Waals surface area contributed by atoms with Crippen molar-refractivity contribution in [1.82, 2.24) is 4.57 Å². The zero-order valence-corrected chi connectivity index (χ0v) is 13.7. The van der Waals surface area contributed by atoms with Crippen molar-refractivity contribution in [3.8, 4) is 0 Å². The normalized spacial score (nSPS) is 11.5. The van der Waals surface area contributed by atoms with E-state index in [1.807, 2.05) is 0 Å². The van der Waals surface area contributed by atoms with Gasteiger partial charge in [0.05, 0.1) is 11.1 Å². The molecule has 5 nitrogen and oxygen atoms in total. The fraction of sp³-hybridized carbons (Fsp3) is 0.0556. The molecule has 7 heteroatoms. The van der Waals surface area contributed by atoms with Crippen LogP contribution in [0.15, 0.2) is 65.1 Å². The summed E-state index contributed by atoms with van der Waals surface area (Å²) in [4.78, 5) is 27.6. The molecule has 0 unspecified atom stereocenters. The third kappa shape index (κ3) is 3.89. The zero-order valence-electron chi connectivity index (χ0n) is 12.9. The van der Waals surface area contributed by atoms with Gasteiger partial charge >= 0.3 is 5.97 Å². The van der Waals surface area contributed by atoms with Crippen LogP contribution >= 0.6 is 11.3 Å². The van der Waals surface area contributed by atoms with Gasteiger partial charge in [-0.15, -0.1) is 11.3 Å². The first-order valence-electron chi connectivity index (χ1n) is 7.34. The van der Waals surface area contributed by atoms with Crippen molar-refractivity contribution in [2.24, 2.45) is 4.99 Å². The van der Waals surface area contributed by atoms with Crippen LogP contribution in [0, 0.1) is 5.82 Å². The quantitative estimate of drug-likeness (QED) is 0.780. The number of hydrogen-bond acceptors (Lipinski definition) is 3. The van der Waals surface area contributed by atoms with Crippen molar-refractivity contribution < 1.29 is 19.1 Å². The number of rotatable bonds is 4.